The summed E-state index contributed by atoms with van der Waals surface area (Å²) in [6.07, 6.45) is 9.98. The normalized spacial score (nSPS) is 20.8. The predicted octanol–water partition coefficient (Wildman–Crippen LogP) is 3.60. The number of aromatic nitrogens is 4. The first-order chi connectivity index (χ1) is 12.7. The molecular formula is C20H22N6. The number of H-pyrrole nitrogens is 1. The van der Waals surface area contributed by atoms with E-state index in [2.05, 4.69) is 50.0 Å². The Morgan fingerprint density at radius 1 is 1.04 bits per heavy atom. The number of nitrogen functional groups attached to an aromatic ring is 1. The van der Waals surface area contributed by atoms with Crippen LogP contribution in [0.1, 0.15) is 31.7 Å². The van der Waals surface area contributed by atoms with Gasteiger partial charge in [0.1, 0.15) is 17.8 Å². The van der Waals surface area contributed by atoms with Crippen LogP contribution in [0.3, 0.4) is 0 Å². The van der Waals surface area contributed by atoms with Gasteiger partial charge in [-0.05, 0) is 43.4 Å². The molecular weight excluding hydrogens is 324 g/mol. The molecule has 6 heteroatoms. The molecule has 1 fully saturated rings. The summed E-state index contributed by atoms with van der Waals surface area (Å²) in [6, 6.07) is 9.12. The molecule has 3 aromatic heterocycles. The summed E-state index contributed by atoms with van der Waals surface area (Å²) in [5.74, 6) is 0.531. The Balaban J connectivity index is 1.75. The maximum atomic E-state index is 6.29. The van der Waals surface area contributed by atoms with E-state index in [4.69, 9.17) is 11.5 Å². The lowest BCUT2D eigenvalue weighted by atomic mass is 9.92. The first-order valence-corrected chi connectivity index (χ1v) is 9.15. The lowest BCUT2D eigenvalue weighted by Crippen LogP contribution is -2.27. The molecule has 1 saturated carbocycles. The number of benzene rings is 1. The number of nitrogens with two attached hydrogens (primary N) is 2. The number of nitrogens with one attached hydrogen (secondary N) is 1. The summed E-state index contributed by atoms with van der Waals surface area (Å²) in [5, 5.41) is 2.12. The highest BCUT2D eigenvalue weighted by Gasteiger charge is 2.24. The summed E-state index contributed by atoms with van der Waals surface area (Å²) in [4.78, 5) is 12.1. The second-order valence-corrected chi connectivity index (χ2v) is 7.22. The van der Waals surface area contributed by atoms with Crippen LogP contribution in [0.25, 0.3) is 33.1 Å². The van der Waals surface area contributed by atoms with E-state index in [0.717, 1.165) is 53.4 Å². The van der Waals surface area contributed by atoms with Crippen LogP contribution >= 0.6 is 0 Å². The fourth-order valence-corrected chi connectivity index (χ4v) is 4.29. The summed E-state index contributed by atoms with van der Waals surface area (Å²) in [5.41, 5.74) is 16.7. The molecule has 5 N–H and O–H groups in total. The Bertz CT molecular complexity index is 1080. The van der Waals surface area contributed by atoms with E-state index in [1.165, 1.54) is 5.39 Å². The Morgan fingerprint density at radius 3 is 2.73 bits per heavy atom. The minimum atomic E-state index is 0.320. The minimum Gasteiger partial charge on any atom is -0.383 e. The number of fused-ring (bicyclic) bond motifs is 2. The summed E-state index contributed by atoms with van der Waals surface area (Å²) in [6.45, 7) is 0. The van der Waals surface area contributed by atoms with Crippen molar-refractivity contribution in [2.24, 2.45) is 5.73 Å². The predicted molar refractivity (Wildman–Crippen MR) is 105 cm³/mol. The van der Waals surface area contributed by atoms with Crippen molar-refractivity contribution in [3.63, 3.8) is 0 Å². The van der Waals surface area contributed by atoms with E-state index >= 15 is 0 Å². The highest BCUT2D eigenvalue weighted by Crippen LogP contribution is 2.39. The quantitative estimate of drug-likeness (QED) is 0.516. The van der Waals surface area contributed by atoms with E-state index in [-0.39, 0.29) is 0 Å². The third kappa shape index (κ3) is 2.29. The van der Waals surface area contributed by atoms with Gasteiger partial charge in [0, 0.05) is 40.9 Å². The van der Waals surface area contributed by atoms with E-state index in [1.54, 1.807) is 6.33 Å². The fourth-order valence-electron chi connectivity index (χ4n) is 4.29. The Morgan fingerprint density at radius 2 is 1.88 bits per heavy atom. The lowest BCUT2D eigenvalue weighted by molar-refractivity contribution is 0.329. The first-order valence-electron chi connectivity index (χ1n) is 9.15. The van der Waals surface area contributed by atoms with Crippen LogP contribution in [-0.4, -0.2) is 25.6 Å². The topological polar surface area (TPSA) is 98.5 Å². The molecule has 0 amide bonds. The van der Waals surface area contributed by atoms with Gasteiger partial charge >= 0.3 is 0 Å². The van der Waals surface area contributed by atoms with Gasteiger partial charge in [0.25, 0.3) is 0 Å². The standard InChI is InChI=1S/C20H22N6/c21-12-4-6-13(7-5-12)26-10-16(18-19(22)24-11-25-20(18)26)14-2-1-3-17-15(14)8-9-23-17/h1-3,8-13,23H,4-7,21H2,(H2,22,24,25). The molecule has 1 aliphatic rings. The molecule has 1 aliphatic carbocycles. The molecule has 1 aromatic carbocycles. The molecule has 0 atom stereocenters. The molecule has 26 heavy (non-hydrogen) atoms. The monoisotopic (exact) mass is 346 g/mol. The largest absolute Gasteiger partial charge is 0.383 e. The third-order valence-corrected chi connectivity index (χ3v) is 5.66. The van der Waals surface area contributed by atoms with Gasteiger partial charge in [0.05, 0.1) is 5.39 Å². The van der Waals surface area contributed by atoms with Crippen LogP contribution in [0.4, 0.5) is 5.82 Å². The average Bonchev–Trinajstić information content (AvgIpc) is 3.27. The van der Waals surface area contributed by atoms with Crippen molar-refractivity contribution in [1.29, 1.82) is 0 Å². The van der Waals surface area contributed by atoms with Gasteiger partial charge in [-0.25, -0.2) is 9.97 Å². The van der Waals surface area contributed by atoms with Crippen LogP contribution in [0.2, 0.25) is 0 Å². The highest BCUT2D eigenvalue weighted by atomic mass is 15.1. The average molecular weight is 346 g/mol. The summed E-state index contributed by atoms with van der Waals surface area (Å²) < 4.78 is 2.29. The number of rotatable bonds is 2. The number of anilines is 1. The zero-order valence-corrected chi connectivity index (χ0v) is 14.5. The SMILES string of the molecule is Nc1ncnc2c1c(-c1cccc3[nH]ccc13)cn2C1CCC(N)CC1. The van der Waals surface area contributed by atoms with Crippen LogP contribution in [0, 0.1) is 0 Å². The molecule has 6 nitrogen and oxygen atoms in total. The molecule has 0 aliphatic heterocycles. The number of hydrogen-bond acceptors (Lipinski definition) is 4. The van der Waals surface area contributed by atoms with Gasteiger partial charge in [-0.2, -0.15) is 0 Å². The van der Waals surface area contributed by atoms with Crippen molar-refractivity contribution >= 4 is 27.8 Å². The molecule has 0 spiro atoms. The van der Waals surface area contributed by atoms with E-state index in [0.29, 0.717) is 17.9 Å². The van der Waals surface area contributed by atoms with Gasteiger partial charge in [0.15, 0.2) is 0 Å². The molecule has 0 unspecified atom stereocenters. The Labute approximate surface area is 151 Å². The summed E-state index contributed by atoms with van der Waals surface area (Å²) >= 11 is 0. The van der Waals surface area contributed by atoms with E-state index in [1.807, 2.05) is 6.20 Å². The van der Waals surface area contributed by atoms with Gasteiger partial charge < -0.3 is 21.0 Å². The second kappa shape index (κ2) is 5.85. The number of aromatic amines is 1. The number of hydrogen-bond donors (Lipinski definition) is 3. The summed E-state index contributed by atoms with van der Waals surface area (Å²) in [7, 11) is 0. The van der Waals surface area contributed by atoms with Crippen LogP contribution in [0.15, 0.2) is 43.0 Å². The van der Waals surface area contributed by atoms with E-state index < -0.39 is 0 Å². The van der Waals surface area contributed by atoms with Crippen molar-refractivity contribution in [2.45, 2.75) is 37.8 Å². The molecule has 4 aromatic rings. The van der Waals surface area contributed by atoms with Crippen molar-refractivity contribution in [1.82, 2.24) is 19.5 Å². The zero-order valence-electron chi connectivity index (χ0n) is 14.5. The van der Waals surface area contributed by atoms with Crippen molar-refractivity contribution in [3.05, 3.63) is 43.0 Å². The van der Waals surface area contributed by atoms with Crippen LogP contribution in [0.5, 0.6) is 0 Å². The minimum absolute atomic E-state index is 0.320. The van der Waals surface area contributed by atoms with Crippen LogP contribution < -0.4 is 11.5 Å². The van der Waals surface area contributed by atoms with Crippen molar-refractivity contribution in [2.75, 3.05) is 5.73 Å². The molecule has 5 rings (SSSR count). The fraction of sp³-hybridized carbons (Fsp3) is 0.300. The first kappa shape index (κ1) is 15.4. The van der Waals surface area contributed by atoms with Gasteiger partial charge in [0.2, 0.25) is 0 Å². The maximum Gasteiger partial charge on any atom is 0.146 e. The Hall–Kier alpha value is -2.86. The van der Waals surface area contributed by atoms with Gasteiger partial charge in [-0.15, -0.1) is 0 Å². The number of nitrogens with zero attached hydrogens (tertiary/aromatic N) is 3. The molecule has 0 saturated heterocycles. The molecule has 0 radical (unpaired) electrons. The zero-order chi connectivity index (χ0) is 17.7. The van der Waals surface area contributed by atoms with Crippen molar-refractivity contribution < 1.29 is 0 Å². The lowest BCUT2D eigenvalue weighted by Gasteiger charge is -2.27. The maximum absolute atomic E-state index is 6.29. The smallest absolute Gasteiger partial charge is 0.146 e. The highest BCUT2D eigenvalue weighted by molar-refractivity contribution is 6.07. The second-order valence-electron chi connectivity index (χ2n) is 7.22. The van der Waals surface area contributed by atoms with Crippen LogP contribution in [-0.2, 0) is 0 Å². The van der Waals surface area contributed by atoms with Gasteiger partial charge in [-0.3, -0.25) is 0 Å². The van der Waals surface area contributed by atoms with Gasteiger partial charge in [-0.1, -0.05) is 12.1 Å². The molecule has 0 bridgehead atoms. The molecule has 3 heterocycles. The Kier molecular flexibility index (Phi) is 3.46. The molecule has 132 valence electrons. The van der Waals surface area contributed by atoms with E-state index in [9.17, 15) is 0 Å². The van der Waals surface area contributed by atoms with Crippen molar-refractivity contribution in [3.8, 4) is 11.1 Å². The third-order valence-electron chi connectivity index (χ3n) is 5.66.